The first-order chi connectivity index (χ1) is 7.61. The summed E-state index contributed by atoms with van der Waals surface area (Å²) in [6, 6.07) is 8.53. The number of nitriles is 1. The number of carbonyl (C=O) groups is 1. The Morgan fingerprint density at radius 2 is 2.00 bits per heavy atom. The predicted molar refractivity (Wildman–Crippen MR) is 63.0 cm³/mol. The molecule has 0 bridgehead atoms. The normalized spacial score (nSPS) is 9.62. The van der Waals surface area contributed by atoms with Gasteiger partial charge < -0.3 is 10.6 Å². The molecule has 0 heterocycles. The van der Waals surface area contributed by atoms with E-state index in [2.05, 4.69) is 10.6 Å². The summed E-state index contributed by atoms with van der Waals surface area (Å²) in [5.74, 6) is 0.423. The number of anilines is 1. The Bertz CT molecular complexity index is 390. The molecule has 0 fully saturated rings. The van der Waals surface area contributed by atoms with E-state index in [4.69, 9.17) is 5.26 Å². The molecule has 4 nitrogen and oxygen atoms in total. The van der Waals surface area contributed by atoms with Crippen LogP contribution in [0.25, 0.3) is 0 Å². The van der Waals surface area contributed by atoms with E-state index in [9.17, 15) is 4.79 Å². The molecule has 0 saturated heterocycles. The fourth-order valence-electron chi connectivity index (χ4n) is 1.10. The molecule has 0 spiro atoms. The van der Waals surface area contributed by atoms with Gasteiger partial charge in [0.1, 0.15) is 0 Å². The van der Waals surface area contributed by atoms with Crippen LogP contribution in [-0.2, 0) is 0 Å². The second-order valence-electron chi connectivity index (χ2n) is 3.92. The van der Waals surface area contributed by atoms with Gasteiger partial charge in [-0.25, -0.2) is 4.79 Å². The van der Waals surface area contributed by atoms with E-state index in [-0.39, 0.29) is 6.03 Å². The first-order valence-corrected chi connectivity index (χ1v) is 5.17. The third kappa shape index (κ3) is 4.01. The summed E-state index contributed by atoms with van der Waals surface area (Å²) in [5, 5.41) is 14.0. The average Bonchev–Trinajstić information content (AvgIpc) is 2.27. The predicted octanol–water partition coefficient (Wildman–Crippen LogP) is 2.34. The lowest BCUT2D eigenvalue weighted by atomic mass is 10.2. The van der Waals surface area contributed by atoms with E-state index in [1.807, 2.05) is 19.9 Å². The lowest BCUT2D eigenvalue weighted by molar-refractivity contribution is 0.251. The maximum atomic E-state index is 11.4. The SMILES string of the molecule is CC(C)CNC(=O)Nc1ccc(C#N)cc1. The molecule has 2 amide bonds. The Morgan fingerprint density at radius 3 is 2.50 bits per heavy atom. The topological polar surface area (TPSA) is 64.9 Å². The molecule has 0 aromatic heterocycles. The fraction of sp³-hybridized carbons (Fsp3) is 0.333. The molecule has 0 unspecified atom stereocenters. The highest BCUT2D eigenvalue weighted by atomic mass is 16.2. The zero-order chi connectivity index (χ0) is 12.0. The number of hydrogen-bond donors (Lipinski definition) is 2. The molecule has 4 heteroatoms. The molecule has 0 atom stereocenters. The van der Waals surface area contributed by atoms with Gasteiger partial charge in [-0.1, -0.05) is 13.8 Å². The third-order valence-corrected chi connectivity index (χ3v) is 1.94. The minimum Gasteiger partial charge on any atom is -0.338 e. The molecule has 0 radical (unpaired) electrons. The summed E-state index contributed by atoms with van der Waals surface area (Å²) in [7, 11) is 0. The summed E-state index contributed by atoms with van der Waals surface area (Å²) < 4.78 is 0. The van der Waals surface area contributed by atoms with Gasteiger partial charge in [0.15, 0.2) is 0 Å². The van der Waals surface area contributed by atoms with Crippen molar-refractivity contribution >= 4 is 11.7 Å². The summed E-state index contributed by atoms with van der Waals surface area (Å²) in [4.78, 5) is 11.4. The first kappa shape index (κ1) is 12.1. The van der Waals surface area contributed by atoms with Gasteiger partial charge in [-0.2, -0.15) is 5.26 Å². The minimum absolute atomic E-state index is 0.224. The smallest absolute Gasteiger partial charge is 0.319 e. The van der Waals surface area contributed by atoms with Gasteiger partial charge in [0.25, 0.3) is 0 Å². The van der Waals surface area contributed by atoms with Crippen LogP contribution in [0.15, 0.2) is 24.3 Å². The van der Waals surface area contributed by atoms with Crippen LogP contribution < -0.4 is 10.6 Å². The van der Waals surface area contributed by atoms with Gasteiger partial charge >= 0.3 is 6.03 Å². The van der Waals surface area contributed by atoms with Crippen molar-refractivity contribution in [3.05, 3.63) is 29.8 Å². The van der Waals surface area contributed by atoms with Crippen molar-refractivity contribution < 1.29 is 4.79 Å². The Kier molecular flexibility index (Phi) is 4.34. The molecular formula is C12H15N3O. The van der Waals surface area contributed by atoms with Crippen molar-refractivity contribution in [3.63, 3.8) is 0 Å². The second-order valence-corrected chi connectivity index (χ2v) is 3.92. The van der Waals surface area contributed by atoms with Crippen LogP contribution >= 0.6 is 0 Å². The number of amides is 2. The van der Waals surface area contributed by atoms with Crippen molar-refractivity contribution in [1.29, 1.82) is 5.26 Å². The molecule has 0 aliphatic rings. The standard InChI is InChI=1S/C12H15N3O/c1-9(2)8-14-12(16)15-11-5-3-10(7-13)4-6-11/h3-6,9H,8H2,1-2H3,(H2,14,15,16). The van der Waals surface area contributed by atoms with Crippen LogP contribution in [0.3, 0.4) is 0 Å². The van der Waals surface area contributed by atoms with Crippen LogP contribution in [0, 0.1) is 17.2 Å². The summed E-state index contributed by atoms with van der Waals surface area (Å²) in [6.07, 6.45) is 0. The van der Waals surface area contributed by atoms with Gasteiger partial charge in [-0.3, -0.25) is 0 Å². The van der Waals surface area contributed by atoms with Crippen molar-refractivity contribution in [1.82, 2.24) is 5.32 Å². The van der Waals surface area contributed by atoms with E-state index in [0.29, 0.717) is 23.7 Å². The van der Waals surface area contributed by atoms with E-state index in [1.165, 1.54) is 0 Å². The van der Waals surface area contributed by atoms with Gasteiger partial charge in [-0.05, 0) is 30.2 Å². The number of nitrogens with zero attached hydrogens (tertiary/aromatic N) is 1. The van der Waals surface area contributed by atoms with Gasteiger partial charge in [0.2, 0.25) is 0 Å². The van der Waals surface area contributed by atoms with Crippen molar-refractivity contribution in [3.8, 4) is 6.07 Å². The van der Waals surface area contributed by atoms with E-state index in [0.717, 1.165) is 0 Å². The van der Waals surface area contributed by atoms with Crippen LogP contribution in [0.1, 0.15) is 19.4 Å². The second kappa shape index (κ2) is 5.76. The molecule has 16 heavy (non-hydrogen) atoms. The lowest BCUT2D eigenvalue weighted by Crippen LogP contribution is -2.31. The Balaban J connectivity index is 2.47. The van der Waals surface area contributed by atoms with Crippen molar-refractivity contribution in [2.24, 2.45) is 5.92 Å². The van der Waals surface area contributed by atoms with Gasteiger partial charge in [0, 0.05) is 12.2 Å². The molecule has 0 aliphatic carbocycles. The maximum Gasteiger partial charge on any atom is 0.319 e. The molecule has 1 rings (SSSR count). The summed E-state index contributed by atoms with van der Waals surface area (Å²) in [6.45, 7) is 4.70. The third-order valence-electron chi connectivity index (χ3n) is 1.94. The highest BCUT2D eigenvalue weighted by Gasteiger charge is 2.02. The minimum atomic E-state index is -0.224. The Hall–Kier alpha value is -2.02. The summed E-state index contributed by atoms with van der Waals surface area (Å²) >= 11 is 0. The van der Waals surface area contributed by atoms with E-state index in [1.54, 1.807) is 24.3 Å². The molecule has 0 saturated carbocycles. The molecule has 0 aliphatic heterocycles. The van der Waals surface area contributed by atoms with Crippen molar-refractivity contribution in [2.75, 3.05) is 11.9 Å². The van der Waals surface area contributed by atoms with Crippen LogP contribution in [0.2, 0.25) is 0 Å². The molecule has 1 aromatic carbocycles. The zero-order valence-corrected chi connectivity index (χ0v) is 9.45. The quantitative estimate of drug-likeness (QED) is 0.816. The number of nitrogens with one attached hydrogen (secondary N) is 2. The highest BCUT2D eigenvalue weighted by molar-refractivity contribution is 5.89. The Labute approximate surface area is 95.3 Å². The number of rotatable bonds is 3. The molecule has 2 N–H and O–H groups in total. The van der Waals surface area contributed by atoms with Gasteiger partial charge in [0.05, 0.1) is 11.6 Å². The number of benzene rings is 1. The average molecular weight is 217 g/mol. The van der Waals surface area contributed by atoms with Gasteiger partial charge in [-0.15, -0.1) is 0 Å². The zero-order valence-electron chi connectivity index (χ0n) is 9.45. The van der Waals surface area contributed by atoms with Crippen LogP contribution in [0.5, 0.6) is 0 Å². The fourth-order valence-corrected chi connectivity index (χ4v) is 1.10. The number of urea groups is 1. The summed E-state index contributed by atoms with van der Waals surface area (Å²) in [5.41, 5.74) is 1.26. The largest absolute Gasteiger partial charge is 0.338 e. The number of hydrogen-bond acceptors (Lipinski definition) is 2. The monoisotopic (exact) mass is 217 g/mol. The van der Waals surface area contributed by atoms with Crippen LogP contribution in [-0.4, -0.2) is 12.6 Å². The van der Waals surface area contributed by atoms with E-state index >= 15 is 0 Å². The first-order valence-electron chi connectivity index (χ1n) is 5.17. The van der Waals surface area contributed by atoms with Crippen molar-refractivity contribution in [2.45, 2.75) is 13.8 Å². The van der Waals surface area contributed by atoms with E-state index < -0.39 is 0 Å². The molecular weight excluding hydrogens is 202 g/mol. The molecule has 84 valence electrons. The number of carbonyl (C=O) groups excluding carboxylic acids is 1. The van der Waals surface area contributed by atoms with Crippen LogP contribution in [0.4, 0.5) is 10.5 Å². The molecule has 1 aromatic rings. The maximum absolute atomic E-state index is 11.4. The lowest BCUT2D eigenvalue weighted by Gasteiger charge is -2.09. The Morgan fingerprint density at radius 1 is 1.38 bits per heavy atom. The highest BCUT2D eigenvalue weighted by Crippen LogP contribution is 2.08.